The Morgan fingerprint density at radius 1 is 0.535 bits per heavy atom. The molecule has 240 valence electrons. The summed E-state index contributed by atoms with van der Waals surface area (Å²) in [5, 5.41) is 0. The summed E-state index contributed by atoms with van der Waals surface area (Å²) in [4.78, 5) is 103. The maximum absolute atomic E-state index is 12.8. The van der Waals surface area contributed by atoms with E-state index in [-0.39, 0.29) is 25.0 Å². The standard InChI is InChI=1S/C26H37N3O14/c1-12(20(32)29-11-10-28(18(7)30)26(29)27-9)39-22(34)14(3)41-24(36)16(5)43-25(37)17(6)42-23(35)15(4)40-21(33)13(2)38-19(8)31/h12-17H,10-11H2,1-9H3/t12-,13-,14-,15-,16-,17-/m0/s1. The molecule has 0 bridgehead atoms. The van der Waals surface area contributed by atoms with E-state index in [4.69, 9.17) is 23.7 Å². The Hall–Kier alpha value is -4.57. The van der Waals surface area contributed by atoms with Crippen LogP contribution in [0, 0.1) is 0 Å². The zero-order chi connectivity index (χ0) is 33.2. The smallest absolute Gasteiger partial charge is 0.347 e. The zero-order valence-electron chi connectivity index (χ0n) is 25.4. The quantitative estimate of drug-likeness (QED) is 0.196. The highest BCUT2D eigenvalue weighted by atomic mass is 16.6. The lowest BCUT2D eigenvalue weighted by atomic mass is 10.3. The Morgan fingerprint density at radius 2 is 0.837 bits per heavy atom. The molecule has 1 fully saturated rings. The maximum Gasteiger partial charge on any atom is 0.347 e. The first-order valence-corrected chi connectivity index (χ1v) is 13.2. The number of aliphatic imine (C=N–C) groups is 1. The number of nitrogens with zero attached hydrogens (tertiary/aromatic N) is 3. The highest BCUT2D eigenvalue weighted by Crippen LogP contribution is 2.14. The van der Waals surface area contributed by atoms with E-state index in [0.29, 0.717) is 0 Å². The van der Waals surface area contributed by atoms with Crippen molar-refractivity contribution in [2.24, 2.45) is 4.99 Å². The molecule has 0 N–H and O–H groups in total. The number of guanidine groups is 1. The van der Waals surface area contributed by atoms with E-state index in [0.717, 1.165) is 27.7 Å². The van der Waals surface area contributed by atoms with Crippen molar-refractivity contribution < 1.29 is 66.8 Å². The Labute approximate surface area is 247 Å². The minimum Gasteiger partial charge on any atom is -0.451 e. The number of hydrogen-bond acceptors (Lipinski definition) is 15. The molecule has 1 saturated heterocycles. The molecule has 6 atom stereocenters. The Kier molecular flexibility index (Phi) is 13.7. The number of esters is 6. The van der Waals surface area contributed by atoms with Gasteiger partial charge in [-0.15, -0.1) is 0 Å². The minimum absolute atomic E-state index is 0.111. The minimum atomic E-state index is -1.55. The molecule has 0 aromatic rings. The van der Waals surface area contributed by atoms with Crippen LogP contribution >= 0.6 is 0 Å². The first-order chi connectivity index (χ1) is 19.9. The SMILES string of the molecule is CN=C1N(C(C)=O)CCN1C(=O)[C@H](C)OC(=O)[C@H](C)OC(=O)[C@H](C)OC(=O)[C@H](C)OC(=O)[C@H](C)OC(=O)[C@H](C)OC(C)=O. The number of carbonyl (C=O) groups is 8. The highest BCUT2D eigenvalue weighted by molar-refractivity contribution is 6.06. The van der Waals surface area contributed by atoms with E-state index in [1.807, 2.05) is 0 Å². The van der Waals surface area contributed by atoms with Crippen LogP contribution in [0.5, 0.6) is 0 Å². The summed E-state index contributed by atoms with van der Waals surface area (Å²) in [6.45, 7) is 9.92. The monoisotopic (exact) mass is 615 g/mol. The number of carbonyl (C=O) groups excluding carboxylic acids is 8. The number of rotatable bonds is 12. The lowest BCUT2D eigenvalue weighted by Crippen LogP contribution is -2.45. The van der Waals surface area contributed by atoms with E-state index >= 15 is 0 Å². The highest BCUT2D eigenvalue weighted by Gasteiger charge is 2.37. The predicted octanol–water partition coefficient (Wildman–Crippen LogP) is -0.727. The molecular weight excluding hydrogens is 578 g/mol. The fraction of sp³-hybridized carbons (Fsp3) is 0.654. The van der Waals surface area contributed by atoms with Crippen LogP contribution in [0.15, 0.2) is 4.99 Å². The van der Waals surface area contributed by atoms with Crippen LogP contribution in [0.3, 0.4) is 0 Å². The van der Waals surface area contributed by atoms with Crippen LogP contribution in [-0.2, 0) is 66.8 Å². The third-order valence-corrected chi connectivity index (χ3v) is 5.69. The molecule has 0 saturated carbocycles. The van der Waals surface area contributed by atoms with Crippen LogP contribution < -0.4 is 0 Å². The van der Waals surface area contributed by atoms with Gasteiger partial charge < -0.3 is 28.4 Å². The van der Waals surface area contributed by atoms with Crippen LogP contribution in [0.1, 0.15) is 55.4 Å². The van der Waals surface area contributed by atoms with Crippen LogP contribution in [-0.4, -0.2) is 120 Å². The van der Waals surface area contributed by atoms with Gasteiger partial charge in [-0.1, -0.05) is 0 Å². The predicted molar refractivity (Wildman–Crippen MR) is 141 cm³/mol. The van der Waals surface area contributed by atoms with Crippen LogP contribution in [0.25, 0.3) is 0 Å². The Morgan fingerprint density at radius 3 is 1.14 bits per heavy atom. The first-order valence-electron chi connectivity index (χ1n) is 13.2. The molecule has 1 aliphatic rings. The summed E-state index contributed by atoms with van der Waals surface area (Å²) in [6, 6.07) is 0. The second-order valence-corrected chi connectivity index (χ2v) is 9.33. The second-order valence-electron chi connectivity index (χ2n) is 9.33. The van der Waals surface area contributed by atoms with Crippen molar-refractivity contribution in [3.05, 3.63) is 0 Å². The number of amides is 2. The summed E-state index contributed by atoms with van der Waals surface area (Å²) in [5.74, 6) is -7.10. The number of ether oxygens (including phenoxy) is 6. The second kappa shape index (κ2) is 16.2. The van der Waals surface area contributed by atoms with Crippen LogP contribution in [0.4, 0.5) is 0 Å². The van der Waals surface area contributed by atoms with Gasteiger partial charge >= 0.3 is 35.8 Å². The Balaban J connectivity index is 2.59. The van der Waals surface area contributed by atoms with Crippen molar-refractivity contribution in [1.82, 2.24) is 9.80 Å². The van der Waals surface area contributed by atoms with Gasteiger partial charge in [-0.25, -0.2) is 24.0 Å². The van der Waals surface area contributed by atoms with Crippen molar-refractivity contribution >= 4 is 53.6 Å². The van der Waals surface area contributed by atoms with Gasteiger partial charge in [0.25, 0.3) is 5.91 Å². The van der Waals surface area contributed by atoms with Gasteiger partial charge in [0, 0.05) is 34.0 Å². The largest absolute Gasteiger partial charge is 0.451 e. The molecule has 0 aromatic heterocycles. The van der Waals surface area contributed by atoms with Gasteiger partial charge in [0.05, 0.1) is 0 Å². The third kappa shape index (κ3) is 10.6. The van der Waals surface area contributed by atoms with Crippen molar-refractivity contribution in [2.45, 2.75) is 92.0 Å². The molecule has 2 amide bonds. The van der Waals surface area contributed by atoms with Gasteiger partial charge in [0.2, 0.25) is 11.9 Å². The van der Waals surface area contributed by atoms with Crippen molar-refractivity contribution in [1.29, 1.82) is 0 Å². The molecular formula is C26H37N3O14. The van der Waals surface area contributed by atoms with E-state index in [2.05, 4.69) is 9.73 Å². The van der Waals surface area contributed by atoms with E-state index < -0.39 is 78.3 Å². The normalized spacial score (nSPS) is 17.8. The molecule has 0 spiro atoms. The molecule has 1 heterocycles. The van der Waals surface area contributed by atoms with Gasteiger partial charge in [0.15, 0.2) is 36.6 Å². The van der Waals surface area contributed by atoms with Crippen molar-refractivity contribution in [2.75, 3.05) is 20.1 Å². The molecule has 0 unspecified atom stereocenters. The third-order valence-electron chi connectivity index (χ3n) is 5.69. The number of hydrogen-bond donors (Lipinski definition) is 0. The molecule has 17 heteroatoms. The molecule has 0 aromatic carbocycles. The van der Waals surface area contributed by atoms with Gasteiger partial charge in [-0.2, -0.15) is 0 Å². The van der Waals surface area contributed by atoms with E-state index in [9.17, 15) is 38.4 Å². The van der Waals surface area contributed by atoms with Crippen LogP contribution in [0.2, 0.25) is 0 Å². The zero-order valence-corrected chi connectivity index (χ0v) is 25.4. The average molecular weight is 616 g/mol. The fourth-order valence-corrected chi connectivity index (χ4v) is 3.40. The maximum atomic E-state index is 12.8. The lowest BCUT2D eigenvalue weighted by Gasteiger charge is -2.23. The van der Waals surface area contributed by atoms with Crippen molar-refractivity contribution in [3.63, 3.8) is 0 Å². The molecule has 1 aliphatic heterocycles. The Bertz CT molecular complexity index is 1150. The van der Waals surface area contributed by atoms with Gasteiger partial charge in [-0.05, 0) is 41.5 Å². The average Bonchev–Trinajstić information content (AvgIpc) is 3.36. The first kappa shape index (κ1) is 36.5. The van der Waals surface area contributed by atoms with E-state index in [1.54, 1.807) is 0 Å². The molecule has 17 nitrogen and oxygen atoms in total. The lowest BCUT2D eigenvalue weighted by molar-refractivity contribution is -0.187. The van der Waals surface area contributed by atoms with E-state index in [1.165, 1.54) is 44.5 Å². The van der Waals surface area contributed by atoms with Crippen molar-refractivity contribution in [3.8, 4) is 0 Å². The molecule has 0 aliphatic carbocycles. The van der Waals surface area contributed by atoms with Gasteiger partial charge in [-0.3, -0.25) is 29.2 Å². The molecule has 0 radical (unpaired) electrons. The summed E-state index contributed by atoms with van der Waals surface area (Å²) in [7, 11) is 1.40. The summed E-state index contributed by atoms with van der Waals surface area (Å²) in [6.07, 6.45) is -8.65. The fourth-order valence-electron chi connectivity index (χ4n) is 3.40. The molecule has 43 heavy (non-hydrogen) atoms. The van der Waals surface area contributed by atoms with Gasteiger partial charge in [0.1, 0.15) is 0 Å². The summed E-state index contributed by atoms with van der Waals surface area (Å²) < 4.78 is 29.4. The molecule has 1 rings (SSSR count). The summed E-state index contributed by atoms with van der Waals surface area (Å²) >= 11 is 0. The topological polar surface area (TPSA) is 211 Å². The summed E-state index contributed by atoms with van der Waals surface area (Å²) in [5.41, 5.74) is 0.